The maximum atomic E-state index is 0. The van der Waals surface area contributed by atoms with Crippen LogP contribution in [-0.2, 0) is 68.0 Å². The molecule has 0 unspecified atom stereocenters. The van der Waals surface area contributed by atoms with Crippen molar-refractivity contribution in [2.45, 2.75) is 0 Å². The van der Waals surface area contributed by atoms with Gasteiger partial charge in [0.2, 0.25) is 0 Å². The van der Waals surface area contributed by atoms with Crippen LogP contribution in [0, 0.1) is 0 Å². The molecule has 0 aliphatic rings. The molecule has 0 rings (SSSR count). The third kappa shape index (κ3) is 22.4. The second-order valence-electron chi connectivity index (χ2n) is 0. The van der Waals surface area contributed by atoms with Crippen LogP contribution in [0.25, 0.3) is 0 Å². The summed E-state index contributed by atoms with van der Waals surface area (Å²) in [4.78, 5) is 0. The van der Waals surface area contributed by atoms with Gasteiger partial charge >= 0.3 is 10.1 Å². The van der Waals surface area contributed by atoms with Crippen molar-refractivity contribution in [1.29, 1.82) is 0 Å². The zero-order valence-electron chi connectivity index (χ0n) is 1.46. The van der Waals surface area contributed by atoms with Crippen molar-refractivity contribution >= 4 is 10.1 Å². The molecule has 0 N–H and O–H groups in total. The van der Waals surface area contributed by atoms with Crippen LogP contribution in [0.15, 0.2) is 0 Å². The molecule has 0 aliphatic heterocycles. The molecule has 5 heteroatoms. The van der Waals surface area contributed by atoms with Gasteiger partial charge in [0.25, 0.3) is 0 Å². The first kappa shape index (κ1) is 56.3. The van der Waals surface area contributed by atoms with Gasteiger partial charge in [-0.25, -0.2) is 0 Å². The van der Waals surface area contributed by atoms with E-state index in [2.05, 4.69) is 0 Å². The first-order valence-corrected chi connectivity index (χ1v) is 0. The number of hydrogen-bond donors (Lipinski definition) is 0. The molecule has 0 spiro atoms. The van der Waals surface area contributed by atoms with E-state index in [0.717, 1.165) is 0 Å². The minimum atomic E-state index is 0. The van der Waals surface area contributed by atoms with Gasteiger partial charge in [0.15, 0.2) is 0 Å². The van der Waals surface area contributed by atoms with E-state index in [1.54, 1.807) is 0 Å². The van der Waals surface area contributed by atoms with E-state index in [1.165, 1.54) is 0 Å². The molecule has 0 atom stereocenters. The Bertz CT molecular complexity index is 11.6. The number of rotatable bonds is 0. The molecule has 0 heterocycles. The smallest absolute Gasteiger partial charge is 0 e. The molecule has 0 aliphatic carbocycles. The summed E-state index contributed by atoms with van der Waals surface area (Å²) < 4.78 is 0. The Hall–Kier alpha value is 2.23. The maximum absolute atomic E-state index is 0. The Morgan fingerprint density at radius 3 is 1.00 bits per heavy atom. The molecule has 0 aromatic heterocycles. The molecular weight excluding hydrogens is 230 g/mol. The average Bonchev–Trinajstić information content (AvgIpc) is 0. The van der Waals surface area contributed by atoms with Crippen molar-refractivity contribution in [2.24, 2.45) is 0 Å². The summed E-state index contributed by atoms with van der Waals surface area (Å²) in [7, 11) is 0. The summed E-state index contributed by atoms with van der Waals surface area (Å²) in [6.45, 7) is 0. The summed E-state index contributed by atoms with van der Waals surface area (Å²) >= 11 is 0. The second kappa shape index (κ2) is 34.2. The normalized spacial score (nSPS) is 0. The standard InChI is InChI=1S/Be.Cr.Fe.Mn.Ni.2H. The van der Waals surface area contributed by atoms with Gasteiger partial charge in [-0.3, -0.25) is 0 Å². The monoisotopic (exact) mass is 232 g/mol. The molecule has 35 valence electrons. The molecule has 0 fully saturated rings. The predicted molar refractivity (Wildman–Crippen MR) is 8.54 cm³/mol. The summed E-state index contributed by atoms with van der Waals surface area (Å²) in [5.74, 6) is 0. The second-order valence-corrected chi connectivity index (χ2v) is 0. The van der Waals surface area contributed by atoms with Crippen LogP contribution in [0.5, 0.6) is 0 Å². The van der Waals surface area contributed by atoms with Gasteiger partial charge in [-0.1, -0.05) is 0 Å². The zero-order valence-corrected chi connectivity index (χ0v) is 6.00. The van der Waals surface area contributed by atoms with Crippen molar-refractivity contribution in [3.8, 4) is 0 Å². The number of hydrogen-bond acceptors (Lipinski definition) is 0. The van der Waals surface area contributed by atoms with Gasteiger partial charge in [-0.15, -0.1) is 0 Å². The molecule has 0 aromatic rings. The van der Waals surface area contributed by atoms with Crippen LogP contribution < -0.4 is 0 Å². The van der Waals surface area contributed by atoms with Gasteiger partial charge in [0, 0.05) is 68.0 Å². The Labute approximate surface area is 77.4 Å². The molecule has 5 heavy (non-hydrogen) atoms. The van der Waals surface area contributed by atoms with Crippen LogP contribution in [0.1, 0.15) is 0 Å². The molecule has 0 saturated carbocycles. The molecule has 0 saturated heterocycles. The molecule has 0 aromatic carbocycles. The third-order valence-corrected chi connectivity index (χ3v) is 0. The molecule has 0 nitrogen and oxygen atoms in total. The topological polar surface area (TPSA) is 0 Å². The Kier molecular flexibility index (Phi) is 386. The maximum Gasteiger partial charge on any atom is 0 e. The Morgan fingerprint density at radius 2 is 1.00 bits per heavy atom. The first-order chi connectivity index (χ1) is 0. The van der Waals surface area contributed by atoms with Crippen molar-refractivity contribution < 1.29 is 68.0 Å². The SMILES string of the molecule is [BeH2].[Cr].[Fe].[Mn].[Ni]. The molecule has 0 bridgehead atoms. The molecule has 1 radical (unpaired) electrons. The molecular formula is H2BeCrFeMnNi. The van der Waals surface area contributed by atoms with E-state index in [9.17, 15) is 0 Å². The van der Waals surface area contributed by atoms with Crippen molar-refractivity contribution in [3.63, 3.8) is 0 Å². The van der Waals surface area contributed by atoms with E-state index in [0.29, 0.717) is 0 Å². The fraction of sp³-hybridized carbons (Fsp3) is 0. The summed E-state index contributed by atoms with van der Waals surface area (Å²) in [5, 5.41) is 0. The van der Waals surface area contributed by atoms with Crippen molar-refractivity contribution in [2.75, 3.05) is 0 Å². The largest absolute Gasteiger partial charge is 0 e. The van der Waals surface area contributed by atoms with E-state index in [-0.39, 0.29) is 78.1 Å². The zero-order chi connectivity index (χ0) is 0. The Morgan fingerprint density at radius 1 is 1.00 bits per heavy atom. The van der Waals surface area contributed by atoms with E-state index < -0.39 is 0 Å². The van der Waals surface area contributed by atoms with Crippen LogP contribution in [0.4, 0.5) is 0 Å². The minimum absolute atomic E-state index is 0. The van der Waals surface area contributed by atoms with E-state index in [4.69, 9.17) is 0 Å². The predicted octanol–water partition coefficient (Wildman–Crippen LogP) is -0.926. The average molecular weight is 232 g/mol. The van der Waals surface area contributed by atoms with Gasteiger partial charge < -0.3 is 0 Å². The summed E-state index contributed by atoms with van der Waals surface area (Å²) in [6, 6.07) is 0. The van der Waals surface area contributed by atoms with Crippen LogP contribution in [0.3, 0.4) is 0 Å². The van der Waals surface area contributed by atoms with Gasteiger partial charge in [0.1, 0.15) is 0 Å². The van der Waals surface area contributed by atoms with E-state index in [1.807, 2.05) is 0 Å². The molecule has 0 amide bonds. The van der Waals surface area contributed by atoms with Gasteiger partial charge in [-0.2, -0.15) is 0 Å². The first-order valence-electron chi connectivity index (χ1n) is 0. The summed E-state index contributed by atoms with van der Waals surface area (Å²) in [5.41, 5.74) is 0. The third-order valence-electron chi connectivity index (χ3n) is 0. The van der Waals surface area contributed by atoms with Crippen LogP contribution in [0.2, 0.25) is 0 Å². The van der Waals surface area contributed by atoms with Crippen LogP contribution in [-0.4, -0.2) is 10.1 Å². The van der Waals surface area contributed by atoms with Gasteiger partial charge in [0.05, 0.1) is 0 Å². The fourth-order valence-electron chi connectivity index (χ4n) is 0. The van der Waals surface area contributed by atoms with Crippen molar-refractivity contribution in [1.82, 2.24) is 0 Å². The Balaban J connectivity index is 0. The minimum Gasteiger partial charge on any atom is 0 e. The van der Waals surface area contributed by atoms with Crippen LogP contribution >= 0.6 is 0 Å². The van der Waals surface area contributed by atoms with E-state index >= 15 is 0 Å². The van der Waals surface area contributed by atoms with Crippen molar-refractivity contribution in [3.05, 3.63) is 0 Å². The quantitative estimate of drug-likeness (QED) is 0.474. The summed E-state index contributed by atoms with van der Waals surface area (Å²) in [6.07, 6.45) is 0. The van der Waals surface area contributed by atoms with Gasteiger partial charge in [-0.05, 0) is 0 Å². The fourth-order valence-corrected chi connectivity index (χ4v) is 0.